The second kappa shape index (κ2) is 6.31. The summed E-state index contributed by atoms with van der Waals surface area (Å²) in [4.78, 5) is 0. The Bertz CT molecular complexity index is 726. The fraction of sp³-hybridized carbons (Fsp3) is 0.222. The van der Waals surface area contributed by atoms with Crippen LogP contribution in [0, 0.1) is 23.5 Å². The number of nitriles is 1. The van der Waals surface area contributed by atoms with Crippen molar-refractivity contribution in [3.63, 3.8) is 0 Å². The van der Waals surface area contributed by atoms with Gasteiger partial charge in [-0.3, -0.25) is 0 Å². The highest BCUT2D eigenvalue weighted by Crippen LogP contribution is 2.20. The minimum atomic E-state index is -0.578. The molecule has 4 heteroatoms. The lowest BCUT2D eigenvalue weighted by Crippen LogP contribution is -2.33. The molecule has 0 spiro atoms. The van der Waals surface area contributed by atoms with Gasteiger partial charge >= 0.3 is 0 Å². The van der Waals surface area contributed by atoms with Crippen LogP contribution < -0.4 is 9.47 Å². The lowest BCUT2D eigenvalue weighted by atomic mass is 10.1. The van der Waals surface area contributed by atoms with Gasteiger partial charge in [0.2, 0.25) is 5.69 Å². The van der Waals surface area contributed by atoms with Gasteiger partial charge in [-0.25, -0.2) is 0 Å². The van der Waals surface area contributed by atoms with E-state index in [1.807, 2.05) is 26.0 Å². The summed E-state index contributed by atoms with van der Waals surface area (Å²) in [5.74, 6) is 0.674. The zero-order valence-corrected chi connectivity index (χ0v) is 12.9. The molecule has 0 N–H and O–H groups in total. The third-order valence-corrected chi connectivity index (χ3v) is 3.18. The monoisotopic (exact) mass is 294 g/mol. The zero-order chi connectivity index (χ0) is 16.2. The SMILES string of the molecule is Cc1cccc(C=CC(C)(C)Oc2ccc(C#N)cc2)[n+]1[O-]. The second-order valence-electron chi connectivity index (χ2n) is 5.56. The van der Waals surface area contributed by atoms with Crippen LogP contribution in [0.25, 0.3) is 6.08 Å². The molecule has 0 aliphatic carbocycles. The molecular weight excluding hydrogens is 276 g/mol. The summed E-state index contributed by atoms with van der Waals surface area (Å²) in [5, 5.41) is 20.7. The summed E-state index contributed by atoms with van der Waals surface area (Å²) in [6.45, 7) is 5.59. The number of hydrogen-bond donors (Lipinski definition) is 0. The Morgan fingerprint density at radius 2 is 1.86 bits per heavy atom. The molecular formula is C18H18N2O2. The van der Waals surface area contributed by atoms with E-state index in [1.54, 1.807) is 49.4 Å². The Balaban J connectivity index is 2.14. The number of nitrogens with zero attached hydrogens (tertiary/aromatic N) is 2. The van der Waals surface area contributed by atoms with E-state index in [1.165, 1.54) is 0 Å². The molecule has 0 saturated carbocycles. The smallest absolute Gasteiger partial charge is 0.216 e. The summed E-state index contributed by atoms with van der Waals surface area (Å²) in [7, 11) is 0. The highest BCUT2D eigenvalue weighted by molar-refractivity contribution is 5.44. The summed E-state index contributed by atoms with van der Waals surface area (Å²) in [6.07, 6.45) is 3.60. The van der Waals surface area contributed by atoms with E-state index >= 15 is 0 Å². The van der Waals surface area contributed by atoms with Gasteiger partial charge in [0.1, 0.15) is 11.4 Å². The van der Waals surface area contributed by atoms with Crippen molar-refractivity contribution >= 4 is 6.08 Å². The van der Waals surface area contributed by atoms with E-state index in [0.29, 0.717) is 22.7 Å². The standard InChI is InChI=1S/C18H18N2O2/c1-14-5-4-6-16(20(14)21)11-12-18(2,3)22-17-9-7-15(13-19)8-10-17/h4-12H,1-3H3. The summed E-state index contributed by atoms with van der Waals surface area (Å²) >= 11 is 0. The second-order valence-corrected chi connectivity index (χ2v) is 5.56. The van der Waals surface area contributed by atoms with Gasteiger partial charge < -0.3 is 9.94 Å². The van der Waals surface area contributed by atoms with E-state index in [9.17, 15) is 5.21 Å². The van der Waals surface area contributed by atoms with Crippen LogP contribution in [0.5, 0.6) is 5.75 Å². The number of hydrogen-bond acceptors (Lipinski definition) is 3. The molecule has 0 amide bonds. The molecule has 0 unspecified atom stereocenters. The van der Waals surface area contributed by atoms with E-state index in [2.05, 4.69) is 6.07 Å². The van der Waals surface area contributed by atoms with Crippen molar-refractivity contribution in [1.82, 2.24) is 0 Å². The number of aryl methyl sites for hydroxylation is 1. The van der Waals surface area contributed by atoms with Crippen molar-refractivity contribution in [3.05, 3.63) is 70.7 Å². The molecule has 1 heterocycles. The molecule has 0 saturated heterocycles. The molecule has 0 atom stereocenters. The molecule has 1 aromatic heterocycles. The van der Waals surface area contributed by atoms with Crippen LogP contribution in [0.3, 0.4) is 0 Å². The van der Waals surface area contributed by atoms with Crippen LogP contribution in [0.2, 0.25) is 0 Å². The van der Waals surface area contributed by atoms with Gasteiger partial charge in [0.25, 0.3) is 0 Å². The Kier molecular flexibility index (Phi) is 4.47. The maximum atomic E-state index is 11.9. The van der Waals surface area contributed by atoms with Crippen LogP contribution >= 0.6 is 0 Å². The molecule has 0 fully saturated rings. The van der Waals surface area contributed by atoms with Gasteiger partial charge in [0.05, 0.1) is 11.6 Å². The van der Waals surface area contributed by atoms with Crippen molar-refractivity contribution in [2.24, 2.45) is 0 Å². The lowest BCUT2D eigenvalue weighted by molar-refractivity contribution is -0.614. The predicted octanol–water partition coefficient (Wildman–Crippen LogP) is 3.37. The van der Waals surface area contributed by atoms with Crippen molar-refractivity contribution in [1.29, 1.82) is 5.26 Å². The third-order valence-electron chi connectivity index (χ3n) is 3.18. The van der Waals surface area contributed by atoms with E-state index in [4.69, 9.17) is 10.00 Å². The van der Waals surface area contributed by atoms with Gasteiger partial charge in [0.15, 0.2) is 5.69 Å². The van der Waals surface area contributed by atoms with Crippen molar-refractivity contribution in [2.75, 3.05) is 0 Å². The summed E-state index contributed by atoms with van der Waals surface area (Å²) < 4.78 is 6.77. The molecule has 2 aromatic rings. The summed E-state index contributed by atoms with van der Waals surface area (Å²) in [5.41, 5.74) is 1.22. The maximum absolute atomic E-state index is 11.9. The first-order valence-corrected chi connectivity index (χ1v) is 6.99. The third kappa shape index (κ3) is 3.86. The number of aromatic nitrogens is 1. The number of ether oxygens (including phenoxy) is 1. The topological polar surface area (TPSA) is 60.0 Å². The molecule has 22 heavy (non-hydrogen) atoms. The van der Waals surface area contributed by atoms with Crippen molar-refractivity contribution in [3.8, 4) is 11.8 Å². The number of benzene rings is 1. The predicted molar refractivity (Wildman–Crippen MR) is 85.0 cm³/mol. The Labute approximate surface area is 130 Å². The molecule has 4 nitrogen and oxygen atoms in total. The first-order chi connectivity index (χ1) is 10.4. The maximum Gasteiger partial charge on any atom is 0.216 e. The first-order valence-electron chi connectivity index (χ1n) is 6.99. The quantitative estimate of drug-likeness (QED) is 0.641. The molecule has 1 aromatic carbocycles. The zero-order valence-electron chi connectivity index (χ0n) is 12.9. The molecule has 0 bridgehead atoms. The van der Waals surface area contributed by atoms with E-state index < -0.39 is 5.60 Å². The van der Waals surface area contributed by atoms with Crippen LogP contribution in [0.15, 0.2) is 48.5 Å². The summed E-state index contributed by atoms with van der Waals surface area (Å²) in [6, 6.07) is 14.4. The van der Waals surface area contributed by atoms with Crippen molar-refractivity contribution in [2.45, 2.75) is 26.4 Å². The highest BCUT2D eigenvalue weighted by atomic mass is 16.5. The molecule has 112 valence electrons. The largest absolute Gasteiger partial charge is 0.618 e. The van der Waals surface area contributed by atoms with Gasteiger partial charge in [-0.15, -0.1) is 0 Å². The Morgan fingerprint density at radius 3 is 2.50 bits per heavy atom. The van der Waals surface area contributed by atoms with Gasteiger partial charge in [-0.2, -0.15) is 9.99 Å². The molecule has 2 rings (SSSR count). The van der Waals surface area contributed by atoms with Gasteiger partial charge in [-0.1, -0.05) is 0 Å². The van der Waals surface area contributed by atoms with Crippen LogP contribution in [-0.4, -0.2) is 5.60 Å². The van der Waals surface area contributed by atoms with Gasteiger partial charge in [0, 0.05) is 25.1 Å². The number of rotatable bonds is 4. The normalized spacial score (nSPS) is 11.4. The highest BCUT2D eigenvalue weighted by Gasteiger charge is 2.16. The molecule has 0 aliphatic heterocycles. The van der Waals surface area contributed by atoms with Gasteiger partial charge in [-0.05, 0) is 50.3 Å². The van der Waals surface area contributed by atoms with Crippen LogP contribution in [0.1, 0.15) is 30.8 Å². The average Bonchev–Trinajstić information content (AvgIpc) is 2.49. The lowest BCUT2D eigenvalue weighted by Gasteiger charge is -2.22. The van der Waals surface area contributed by atoms with E-state index in [-0.39, 0.29) is 0 Å². The van der Waals surface area contributed by atoms with Crippen LogP contribution in [-0.2, 0) is 0 Å². The number of pyridine rings is 1. The van der Waals surface area contributed by atoms with E-state index in [0.717, 1.165) is 4.73 Å². The minimum absolute atomic E-state index is 0.566. The first kappa shape index (κ1) is 15.6. The Morgan fingerprint density at radius 1 is 1.18 bits per heavy atom. The molecule has 0 aliphatic rings. The Hall–Kier alpha value is -2.80. The fourth-order valence-corrected chi connectivity index (χ4v) is 1.97. The van der Waals surface area contributed by atoms with Crippen molar-refractivity contribution < 1.29 is 9.47 Å². The average molecular weight is 294 g/mol. The molecule has 0 radical (unpaired) electrons. The van der Waals surface area contributed by atoms with Crippen LogP contribution in [0.4, 0.5) is 0 Å². The fourth-order valence-electron chi connectivity index (χ4n) is 1.97. The minimum Gasteiger partial charge on any atom is -0.618 e.